The Kier molecular flexibility index (Phi) is 1.45. The van der Waals surface area contributed by atoms with E-state index in [2.05, 4.69) is 15.2 Å². The van der Waals surface area contributed by atoms with E-state index in [1.165, 1.54) is 19.3 Å². The van der Waals surface area contributed by atoms with Crippen LogP contribution in [0.15, 0.2) is 12.4 Å². The SMILES string of the molecule is Nc1nccn2c(C3[C@H]4CCC[C@@H]34)nnc12. The van der Waals surface area contributed by atoms with Gasteiger partial charge >= 0.3 is 0 Å². The fourth-order valence-corrected chi connectivity index (χ4v) is 3.29. The first-order valence-electron chi connectivity index (χ1n) is 5.81. The van der Waals surface area contributed by atoms with Crippen LogP contribution in [-0.4, -0.2) is 19.6 Å². The minimum Gasteiger partial charge on any atom is -0.381 e. The molecule has 0 saturated heterocycles. The second-order valence-corrected chi connectivity index (χ2v) is 4.85. The summed E-state index contributed by atoms with van der Waals surface area (Å²) in [6.07, 6.45) is 7.71. The van der Waals surface area contributed by atoms with E-state index in [0.29, 0.717) is 17.4 Å². The summed E-state index contributed by atoms with van der Waals surface area (Å²) in [6.45, 7) is 0. The Hall–Kier alpha value is -1.65. The van der Waals surface area contributed by atoms with Crippen LogP contribution in [0.4, 0.5) is 5.82 Å². The molecule has 2 aliphatic carbocycles. The fraction of sp³-hybridized carbons (Fsp3) is 0.545. The van der Waals surface area contributed by atoms with Crippen LogP contribution in [0, 0.1) is 11.8 Å². The van der Waals surface area contributed by atoms with Crippen molar-refractivity contribution in [1.82, 2.24) is 19.6 Å². The molecule has 2 aromatic heterocycles. The van der Waals surface area contributed by atoms with Crippen molar-refractivity contribution < 1.29 is 0 Å². The lowest BCUT2D eigenvalue weighted by Gasteiger charge is -2.01. The summed E-state index contributed by atoms with van der Waals surface area (Å²) in [5.74, 6) is 3.86. The second-order valence-electron chi connectivity index (χ2n) is 4.85. The van der Waals surface area contributed by atoms with E-state index in [9.17, 15) is 0 Å². The number of hydrogen-bond donors (Lipinski definition) is 1. The van der Waals surface area contributed by atoms with Crippen LogP contribution >= 0.6 is 0 Å². The van der Waals surface area contributed by atoms with Gasteiger partial charge in [0.25, 0.3) is 0 Å². The number of nitrogens with zero attached hydrogens (tertiary/aromatic N) is 4. The standard InChI is InChI=1S/C11H13N5/c12-9-11-15-14-10(16(11)5-4-13-9)8-6-2-1-3-7(6)8/h4-8H,1-3H2,(H2,12,13)/t6-,7+,8?. The largest absolute Gasteiger partial charge is 0.381 e. The molecule has 0 radical (unpaired) electrons. The quantitative estimate of drug-likeness (QED) is 0.776. The van der Waals surface area contributed by atoms with E-state index in [-0.39, 0.29) is 0 Å². The van der Waals surface area contributed by atoms with Gasteiger partial charge in [-0.25, -0.2) is 4.98 Å². The summed E-state index contributed by atoms with van der Waals surface area (Å²) < 4.78 is 2.01. The van der Waals surface area contributed by atoms with E-state index in [1.54, 1.807) is 6.20 Å². The summed E-state index contributed by atoms with van der Waals surface area (Å²) in [7, 11) is 0. The number of hydrogen-bond acceptors (Lipinski definition) is 4. The predicted molar refractivity (Wildman–Crippen MR) is 58.8 cm³/mol. The average molecular weight is 215 g/mol. The van der Waals surface area contributed by atoms with Gasteiger partial charge in [0.05, 0.1) is 0 Å². The third kappa shape index (κ3) is 0.930. The van der Waals surface area contributed by atoms with Crippen LogP contribution in [0.25, 0.3) is 5.65 Å². The number of nitrogen functional groups attached to an aromatic ring is 1. The molecule has 0 aliphatic heterocycles. The van der Waals surface area contributed by atoms with Gasteiger partial charge in [0.2, 0.25) is 5.65 Å². The third-order valence-electron chi connectivity index (χ3n) is 4.09. The van der Waals surface area contributed by atoms with Crippen LogP contribution in [0.3, 0.4) is 0 Å². The predicted octanol–water partition coefficient (Wildman–Crippen LogP) is 1.22. The van der Waals surface area contributed by atoms with Crippen LogP contribution in [0.2, 0.25) is 0 Å². The number of fused-ring (bicyclic) bond motifs is 2. The molecule has 0 bridgehead atoms. The normalized spacial score (nSPS) is 31.9. The molecular formula is C11H13N5. The van der Waals surface area contributed by atoms with Crippen molar-refractivity contribution in [3.05, 3.63) is 18.2 Å². The summed E-state index contributed by atoms with van der Waals surface area (Å²) in [5.41, 5.74) is 6.47. The molecule has 2 fully saturated rings. The van der Waals surface area contributed by atoms with Gasteiger partial charge in [-0.3, -0.25) is 4.40 Å². The van der Waals surface area contributed by atoms with E-state index in [0.717, 1.165) is 17.7 Å². The topological polar surface area (TPSA) is 69.1 Å². The lowest BCUT2D eigenvalue weighted by molar-refractivity contribution is 0.653. The highest BCUT2D eigenvalue weighted by Crippen LogP contribution is 2.62. The highest BCUT2D eigenvalue weighted by Gasteiger charge is 2.55. The molecule has 2 aromatic rings. The van der Waals surface area contributed by atoms with Gasteiger partial charge in [0.1, 0.15) is 5.82 Å². The van der Waals surface area contributed by atoms with Crippen molar-refractivity contribution in [2.75, 3.05) is 5.73 Å². The lowest BCUT2D eigenvalue weighted by Crippen LogP contribution is -1.99. The van der Waals surface area contributed by atoms with E-state index in [1.807, 2.05) is 10.6 Å². The minimum absolute atomic E-state index is 0.465. The molecule has 2 heterocycles. The van der Waals surface area contributed by atoms with Gasteiger partial charge in [0.15, 0.2) is 5.82 Å². The first kappa shape index (κ1) is 8.50. The van der Waals surface area contributed by atoms with E-state index >= 15 is 0 Å². The second kappa shape index (κ2) is 2.72. The lowest BCUT2D eigenvalue weighted by atomic mass is 10.1. The van der Waals surface area contributed by atoms with E-state index in [4.69, 9.17) is 5.73 Å². The average Bonchev–Trinajstić information content (AvgIpc) is 2.73. The summed E-state index contributed by atoms with van der Waals surface area (Å²) in [6, 6.07) is 0. The molecule has 2 N–H and O–H groups in total. The molecule has 16 heavy (non-hydrogen) atoms. The molecule has 1 unspecified atom stereocenters. The Morgan fingerprint density at radius 3 is 2.88 bits per heavy atom. The Morgan fingerprint density at radius 2 is 2.06 bits per heavy atom. The first-order valence-corrected chi connectivity index (χ1v) is 5.81. The molecule has 0 amide bonds. The number of nitrogens with two attached hydrogens (primary N) is 1. The molecule has 0 spiro atoms. The van der Waals surface area contributed by atoms with E-state index < -0.39 is 0 Å². The summed E-state index contributed by atoms with van der Waals surface area (Å²) in [5, 5.41) is 8.43. The van der Waals surface area contributed by atoms with Crippen LogP contribution < -0.4 is 5.73 Å². The smallest absolute Gasteiger partial charge is 0.203 e. The zero-order valence-corrected chi connectivity index (χ0v) is 8.87. The van der Waals surface area contributed by atoms with Crippen molar-refractivity contribution >= 4 is 11.5 Å². The monoisotopic (exact) mass is 215 g/mol. The molecule has 5 heteroatoms. The fourth-order valence-electron chi connectivity index (χ4n) is 3.29. The molecule has 2 aliphatic rings. The van der Waals surface area contributed by atoms with Gasteiger partial charge in [-0.2, -0.15) is 0 Å². The number of anilines is 1. The Balaban J connectivity index is 1.84. The number of rotatable bonds is 1. The van der Waals surface area contributed by atoms with Gasteiger partial charge in [-0.15, -0.1) is 10.2 Å². The molecular weight excluding hydrogens is 202 g/mol. The van der Waals surface area contributed by atoms with Crippen LogP contribution in [0.1, 0.15) is 31.0 Å². The maximum Gasteiger partial charge on any atom is 0.203 e. The highest BCUT2D eigenvalue weighted by atomic mass is 15.3. The van der Waals surface area contributed by atoms with Gasteiger partial charge in [-0.05, 0) is 24.7 Å². The molecule has 2 saturated carbocycles. The maximum absolute atomic E-state index is 5.77. The van der Waals surface area contributed by atoms with Crippen molar-refractivity contribution in [3.8, 4) is 0 Å². The van der Waals surface area contributed by atoms with Gasteiger partial charge in [-0.1, -0.05) is 6.42 Å². The molecule has 3 atom stereocenters. The Morgan fingerprint density at radius 1 is 1.25 bits per heavy atom. The van der Waals surface area contributed by atoms with Crippen molar-refractivity contribution in [3.63, 3.8) is 0 Å². The molecule has 0 aromatic carbocycles. The zero-order valence-electron chi connectivity index (χ0n) is 8.87. The Bertz CT molecular complexity index is 551. The first-order chi connectivity index (χ1) is 7.86. The minimum atomic E-state index is 0.465. The zero-order chi connectivity index (χ0) is 10.7. The third-order valence-corrected chi connectivity index (χ3v) is 4.09. The van der Waals surface area contributed by atoms with Crippen LogP contribution in [0.5, 0.6) is 0 Å². The molecule has 4 rings (SSSR count). The summed E-state index contributed by atoms with van der Waals surface area (Å²) >= 11 is 0. The van der Waals surface area contributed by atoms with Crippen molar-refractivity contribution in [2.24, 2.45) is 11.8 Å². The molecule has 5 nitrogen and oxygen atoms in total. The molecule has 82 valence electrons. The van der Waals surface area contributed by atoms with Crippen LogP contribution in [-0.2, 0) is 0 Å². The number of aromatic nitrogens is 4. The van der Waals surface area contributed by atoms with Crippen molar-refractivity contribution in [1.29, 1.82) is 0 Å². The van der Waals surface area contributed by atoms with Crippen molar-refractivity contribution in [2.45, 2.75) is 25.2 Å². The maximum atomic E-state index is 5.77. The Labute approximate surface area is 92.7 Å². The highest BCUT2D eigenvalue weighted by molar-refractivity contribution is 5.58. The summed E-state index contributed by atoms with van der Waals surface area (Å²) in [4.78, 5) is 4.03. The van der Waals surface area contributed by atoms with Gasteiger partial charge in [0, 0.05) is 18.3 Å². The van der Waals surface area contributed by atoms with Gasteiger partial charge < -0.3 is 5.73 Å².